The van der Waals surface area contributed by atoms with Crippen molar-refractivity contribution in [1.82, 2.24) is 9.88 Å². The zero-order valence-electron chi connectivity index (χ0n) is 18.4. The number of benzene rings is 1. The van der Waals surface area contributed by atoms with Gasteiger partial charge in [0.1, 0.15) is 17.4 Å². The molecular weight excluding hydrogens is 452 g/mol. The van der Waals surface area contributed by atoms with Gasteiger partial charge in [-0.25, -0.2) is 13.4 Å². The van der Waals surface area contributed by atoms with Crippen molar-refractivity contribution in [2.24, 2.45) is 0 Å². The minimum atomic E-state index is -3.11. The van der Waals surface area contributed by atoms with Crippen molar-refractivity contribution in [3.8, 4) is 5.75 Å². The lowest BCUT2D eigenvalue weighted by molar-refractivity contribution is -0.159. The normalized spacial score (nSPS) is 18.2. The van der Waals surface area contributed by atoms with E-state index in [4.69, 9.17) is 9.47 Å². The average molecular weight is 481 g/mol. The maximum atomic E-state index is 12.7. The molecule has 32 heavy (non-hydrogen) atoms. The summed E-state index contributed by atoms with van der Waals surface area (Å²) in [4.78, 5) is 30.9. The van der Waals surface area contributed by atoms with Gasteiger partial charge in [-0.1, -0.05) is 17.7 Å². The van der Waals surface area contributed by atoms with Crippen LogP contribution in [-0.4, -0.2) is 60.4 Å². The van der Waals surface area contributed by atoms with Crippen LogP contribution in [0.15, 0.2) is 29.6 Å². The van der Waals surface area contributed by atoms with Crippen LogP contribution in [0.2, 0.25) is 0 Å². The van der Waals surface area contributed by atoms with E-state index in [2.05, 4.69) is 4.98 Å². The van der Waals surface area contributed by atoms with E-state index in [0.29, 0.717) is 25.3 Å². The first-order chi connectivity index (χ1) is 15.2. The number of hydrogen-bond donors (Lipinski definition) is 0. The second kappa shape index (κ2) is 10.4. The van der Waals surface area contributed by atoms with Crippen molar-refractivity contribution in [2.75, 3.05) is 18.1 Å². The molecule has 0 bridgehead atoms. The second-order valence-corrected chi connectivity index (χ2v) is 11.0. The zero-order valence-corrected chi connectivity index (χ0v) is 20.1. The van der Waals surface area contributed by atoms with Gasteiger partial charge in [0.2, 0.25) is 0 Å². The first-order valence-corrected chi connectivity index (χ1v) is 13.2. The standard InChI is InChI=1S/C22H28N2O6S2/c1-4-24(18-9-10-32(27,28)14-18)22(26)16(3)30-21(25)11-17-13-31-20(23-17)12-29-19-7-5-15(2)6-8-19/h5-8,13,16,18H,4,9-12,14H2,1-3H3. The Labute approximate surface area is 192 Å². The van der Waals surface area contributed by atoms with Crippen LogP contribution in [0.4, 0.5) is 0 Å². The van der Waals surface area contributed by atoms with Gasteiger partial charge in [0.05, 0.1) is 23.6 Å². The van der Waals surface area contributed by atoms with Gasteiger partial charge in [-0.2, -0.15) is 0 Å². The third kappa shape index (κ3) is 6.52. The lowest BCUT2D eigenvalue weighted by Gasteiger charge is -2.29. The number of aromatic nitrogens is 1. The van der Waals surface area contributed by atoms with Crippen LogP contribution in [-0.2, 0) is 37.2 Å². The molecule has 0 aliphatic carbocycles. The molecule has 8 nitrogen and oxygen atoms in total. The summed E-state index contributed by atoms with van der Waals surface area (Å²) in [6.45, 7) is 5.95. The van der Waals surface area contributed by atoms with Crippen LogP contribution < -0.4 is 4.74 Å². The van der Waals surface area contributed by atoms with Gasteiger partial charge in [-0.3, -0.25) is 9.59 Å². The number of likely N-dealkylation sites (N-methyl/N-ethyl adjacent to an activating group) is 1. The molecule has 10 heteroatoms. The first kappa shape index (κ1) is 24.2. The third-order valence-corrected chi connectivity index (χ3v) is 7.86. The Morgan fingerprint density at radius 3 is 2.62 bits per heavy atom. The predicted molar refractivity (Wildman–Crippen MR) is 121 cm³/mol. The summed E-state index contributed by atoms with van der Waals surface area (Å²) in [5.41, 5.74) is 1.70. The molecule has 0 saturated carbocycles. The maximum Gasteiger partial charge on any atom is 0.312 e. The molecule has 1 fully saturated rings. The number of ether oxygens (including phenoxy) is 2. The Morgan fingerprint density at radius 1 is 1.28 bits per heavy atom. The number of nitrogens with zero attached hydrogens (tertiary/aromatic N) is 2. The molecule has 0 spiro atoms. The first-order valence-electron chi connectivity index (χ1n) is 10.5. The molecule has 1 amide bonds. The highest BCUT2D eigenvalue weighted by atomic mass is 32.2. The number of hydrogen-bond acceptors (Lipinski definition) is 8. The molecule has 1 aliphatic heterocycles. The number of esters is 1. The number of rotatable bonds is 9. The molecule has 0 N–H and O–H groups in total. The lowest BCUT2D eigenvalue weighted by atomic mass is 10.2. The fourth-order valence-electron chi connectivity index (χ4n) is 3.56. The van der Waals surface area contributed by atoms with E-state index in [-0.39, 0.29) is 29.9 Å². The SMILES string of the molecule is CCN(C(=O)C(C)OC(=O)Cc1csc(COc2ccc(C)cc2)n1)C1CCS(=O)(=O)C1. The van der Waals surface area contributed by atoms with Crippen LogP contribution in [0.3, 0.4) is 0 Å². The summed E-state index contributed by atoms with van der Waals surface area (Å²) >= 11 is 1.39. The molecule has 2 heterocycles. The van der Waals surface area contributed by atoms with Crippen molar-refractivity contribution in [3.05, 3.63) is 45.9 Å². The fourth-order valence-corrected chi connectivity index (χ4v) is 6.00. The van der Waals surface area contributed by atoms with Crippen molar-refractivity contribution >= 4 is 33.1 Å². The molecule has 1 aliphatic rings. The Bertz CT molecular complexity index is 1050. The van der Waals surface area contributed by atoms with Gasteiger partial charge in [0, 0.05) is 18.0 Å². The maximum absolute atomic E-state index is 12.7. The number of sulfone groups is 1. The number of amides is 1. The Hall–Kier alpha value is -2.46. The van der Waals surface area contributed by atoms with Crippen molar-refractivity contribution in [2.45, 2.75) is 52.4 Å². The molecule has 0 radical (unpaired) electrons. The van der Waals surface area contributed by atoms with E-state index >= 15 is 0 Å². The van der Waals surface area contributed by atoms with E-state index in [9.17, 15) is 18.0 Å². The van der Waals surface area contributed by atoms with E-state index in [1.54, 1.807) is 12.3 Å². The average Bonchev–Trinajstić information content (AvgIpc) is 3.33. The monoisotopic (exact) mass is 480 g/mol. The van der Waals surface area contributed by atoms with E-state index in [1.165, 1.54) is 23.2 Å². The summed E-state index contributed by atoms with van der Waals surface area (Å²) in [6.07, 6.45) is -0.633. The smallest absolute Gasteiger partial charge is 0.312 e. The fraction of sp³-hybridized carbons (Fsp3) is 0.500. The number of carbonyl (C=O) groups excluding carboxylic acids is 2. The summed E-state index contributed by atoms with van der Waals surface area (Å²) < 4.78 is 34.5. The molecule has 1 aromatic heterocycles. The molecule has 2 atom stereocenters. The highest BCUT2D eigenvalue weighted by Crippen LogP contribution is 2.20. The lowest BCUT2D eigenvalue weighted by Crippen LogP contribution is -2.46. The molecule has 1 aromatic carbocycles. The van der Waals surface area contributed by atoms with Crippen molar-refractivity contribution in [1.29, 1.82) is 0 Å². The Morgan fingerprint density at radius 2 is 2.00 bits per heavy atom. The number of thiazole rings is 1. The molecule has 2 aromatic rings. The van der Waals surface area contributed by atoms with Gasteiger partial charge >= 0.3 is 5.97 Å². The third-order valence-electron chi connectivity index (χ3n) is 5.24. The van der Waals surface area contributed by atoms with Gasteiger partial charge in [0.25, 0.3) is 5.91 Å². The van der Waals surface area contributed by atoms with E-state index in [0.717, 1.165) is 16.3 Å². The molecular formula is C22H28N2O6S2. The van der Waals surface area contributed by atoms with Crippen molar-refractivity contribution < 1.29 is 27.5 Å². The quantitative estimate of drug-likeness (QED) is 0.508. The highest BCUT2D eigenvalue weighted by molar-refractivity contribution is 7.91. The van der Waals surface area contributed by atoms with E-state index in [1.807, 2.05) is 31.2 Å². The minimum absolute atomic E-state index is 0.0422. The second-order valence-electron chi connectivity index (χ2n) is 7.82. The molecule has 174 valence electrons. The summed E-state index contributed by atoms with van der Waals surface area (Å²) in [7, 11) is -3.11. The largest absolute Gasteiger partial charge is 0.486 e. The zero-order chi connectivity index (χ0) is 23.3. The highest BCUT2D eigenvalue weighted by Gasteiger charge is 2.36. The predicted octanol–water partition coefficient (Wildman–Crippen LogP) is 2.54. The van der Waals surface area contributed by atoms with Gasteiger partial charge in [-0.05, 0) is 39.3 Å². The summed E-state index contributed by atoms with van der Waals surface area (Å²) in [6, 6.07) is 7.34. The van der Waals surface area contributed by atoms with Crippen LogP contribution in [0.25, 0.3) is 0 Å². The Kier molecular flexibility index (Phi) is 7.89. The minimum Gasteiger partial charge on any atom is -0.486 e. The van der Waals surface area contributed by atoms with Crippen LogP contribution >= 0.6 is 11.3 Å². The van der Waals surface area contributed by atoms with Gasteiger partial charge < -0.3 is 14.4 Å². The van der Waals surface area contributed by atoms with E-state index < -0.39 is 21.9 Å². The van der Waals surface area contributed by atoms with Crippen molar-refractivity contribution in [3.63, 3.8) is 0 Å². The summed E-state index contributed by atoms with van der Waals surface area (Å²) in [5, 5.41) is 2.50. The number of carbonyl (C=O) groups is 2. The topological polar surface area (TPSA) is 103 Å². The van der Waals surface area contributed by atoms with Crippen LogP contribution in [0.5, 0.6) is 5.75 Å². The van der Waals surface area contributed by atoms with Gasteiger partial charge in [0.15, 0.2) is 15.9 Å². The molecule has 3 rings (SSSR count). The van der Waals surface area contributed by atoms with Gasteiger partial charge in [-0.15, -0.1) is 11.3 Å². The summed E-state index contributed by atoms with van der Waals surface area (Å²) in [5.74, 6) is -0.158. The molecule has 2 unspecified atom stereocenters. The Balaban J connectivity index is 1.49. The number of aryl methyl sites for hydroxylation is 1. The molecule has 1 saturated heterocycles. The van der Waals surface area contributed by atoms with Crippen LogP contribution in [0.1, 0.15) is 36.5 Å². The van der Waals surface area contributed by atoms with Crippen LogP contribution in [0, 0.1) is 6.92 Å².